The maximum atomic E-state index is 11.8. The summed E-state index contributed by atoms with van der Waals surface area (Å²) in [4.78, 5) is 16.4. The van der Waals surface area contributed by atoms with Crippen molar-refractivity contribution >= 4 is 0 Å². The number of rotatable bonds is 1. The summed E-state index contributed by atoms with van der Waals surface area (Å²) in [5, 5.41) is 4.07. The van der Waals surface area contributed by atoms with Gasteiger partial charge >= 0.3 is 0 Å². The predicted octanol–water partition coefficient (Wildman–Crippen LogP) is 2.29. The Morgan fingerprint density at radius 1 is 1.08 bits per heavy atom. The van der Waals surface area contributed by atoms with Gasteiger partial charge in [0.15, 0.2) is 0 Å². The van der Waals surface area contributed by atoms with E-state index < -0.39 is 0 Å². The number of hydrogen-bond acceptors (Lipinski definition) is 3. The van der Waals surface area contributed by atoms with Gasteiger partial charge in [-0.05, 0) is 44.4 Å². The molecule has 0 saturated heterocycles. The Balaban J connectivity index is 2.04. The standard InChI is InChI=1S/C19H18N4O/c1-13-6-5-7-16(10-13)8-9-18-14(2)23(15(3)21-18)17-11-19(24)22(4)20-12-17/h5-7,10-12H,1-4H3. The fourth-order valence-corrected chi connectivity index (χ4v) is 2.58. The van der Waals surface area contributed by atoms with Crippen molar-refractivity contribution in [3.8, 4) is 17.5 Å². The molecule has 1 aromatic carbocycles. The molecule has 0 spiro atoms. The van der Waals surface area contributed by atoms with Gasteiger partial charge in [-0.15, -0.1) is 0 Å². The molecule has 0 unspecified atom stereocenters. The molecule has 5 nitrogen and oxygen atoms in total. The van der Waals surface area contributed by atoms with Crippen molar-refractivity contribution in [3.63, 3.8) is 0 Å². The maximum Gasteiger partial charge on any atom is 0.268 e. The SMILES string of the molecule is Cc1cccc(C#Cc2nc(C)n(-c3cnn(C)c(=O)c3)c2C)c1. The van der Waals surface area contributed by atoms with E-state index >= 15 is 0 Å². The summed E-state index contributed by atoms with van der Waals surface area (Å²) in [6, 6.07) is 9.59. The zero-order valence-corrected chi connectivity index (χ0v) is 14.2. The van der Waals surface area contributed by atoms with Crippen LogP contribution in [0.4, 0.5) is 0 Å². The molecule has 0 saturated carbocycles. The van der Waals surface area contributed by atoms with Crippen molar-refractivity contribution in [2.75, 3.05) is 0 Å². The third-order valence-electron chi connectivity index (χ3n) is 3.83. The number of benzene rings is 1. The smallest absolute Gasteiger partial charge is 0.268 e. The van der Waals surface area contributed by atoms with E-state index in [1.54, 1.807) is 19.3 Å². The fraction of sp³-hybridized carbons (Fsp3) is 0.211. The Kier molecular flexibility index (Phi) is 4.05. The van der Waals surface area contributed by atoms with Crippen LogP contribution in [0.25, 0.3) is 5.69 Å². The minimum Gasteiger partial charge on any atom is -0.298 e. The molecule has 0 atom stereocenters. The van der Waals surface area contributed by atoms with E-state index in [9.17, 15) is 4.79 Å². The van der Waals surface area contributed by atoms with Crippen LogP contribution >= 0.6 is 0 Å². The molecule has 0 fully saturated rings. The average molecular weight is 318 g/mol. The first kappa shape index (κ1) is 15.8. The Morgan fingerprint density at radius 3 is 2.58 bits per heavy atom. The van der Waals surface area contributed by atoms with E-state index in [-0.39, 0.29) is 5.56 Å². The topological polar surface area (TPSA) is 52.7 Å². The van der Waals surface area contributed by atoms with Gasteiger partial charge in [-0.25, -0.2) is 9.67 Å². The van der Waals surface area contributed by atoms with Crippen LogP contribution in [-0.2, 0) is 7.05 Å². The van der Waals surface area contributed by atoms with Gasteiger partial charge in [0.1, 0.15) is 11.5 Å². The molecule has 0 radical (unpaired) electrons. The zero-order chi connectivity index (χ0) is 17.3. The van der Waals surface area contributed by atoms with Crippen LogP contribution in [0.5, 0.6) is 0 Å². The van der Waals surface area contributed by atoms with Crippen LogP contribution in [0.15, 0.2) is 41.3 Å². The molecule has 0 aliphatic heterocycles. The van der Waals surface area contributed by atoms with Gasteiger partial charge in [0.25, 0.3) is 5.56 Å². The molecular weight excluding hydrogens is 300 g/mol. The molecule has 120 valence electrons. The van der Waals surface area contributed by atoms with E-state index in [2.05, 4.69) is 21.9 Å². The van der Waals surface area contributed by atoms with Crippen LogP contribution in [0.2, 0.25) is 0 Å². The highest BCUT2D eigenvalue weighted by Gasteiger charge is 2.12. The first-order valence-corrected chi connectivity index (χ1v) is 7.64. The van der Waals surface area contributed by atoms with E-state index in [4.69, 9.17) is 0 Å². The van der Waals surface area contributed by atoms with Gasteiger partial charge < -0.3 is 0 Å². The van der Waals surface area contributed by atoms with Gasteiger partial charge in [0.2, 0.25) is 0 Å². The largest absolute Gasteiger partial charge is 0.298 e. The minimum atomic E-state index is -0.160. The normalized spacial score (nSPS) is 10.3. The summed E-state index contributed by atoms with van der Waals surface area (Å²) in [6.45, 7) is 5.87. The van der Waals surface area contributed by atoms with Crippen molar-refractivity contribution in [2.45, 2.75) is 20.8 Å². The number of nitrogens with zero attached hydrogens (tertiary/aromatic N) is 4. The fourth-order valence-electron chi connectivity index (χ4n) is 2.58. The summed E-state index contributed by atoms with van der Waals surface area (Å²) >= 11 is 0. The Bertz CT molecular complexity index is 1030. The monoisotopic (exact) mass is 318 g/mol. The molecule has 0 aliphatic rings. The summed E-state index contributed by atoms with van der Waals surface area (Å²) in [5.41, 5.74) is 4.26. The second-order valence-electron chi connectivity index (χ2n) is 5.72. The lowest BCUT2D eigenvalue weighted by Crippen LogP contribution is -2.19. The van der Waals surface area contributed by atoms with Gasteiger partial charge in [-0.1, -0.05) is 18.1 Å². The Hall–Kier alpha value is -3.13. The van der Waals surface area contributed by atoms with Crippen molar-refractivity contribution in [1.29, 1.82) is 0 Å². The first-order chi connectivity index (χ1) is 11.5. The summed E-state index contributed by atoms with van der Waals surface area (Å²) in [7, 11) is 1.62. The summed E-state index contributed by atoms with van der Waals surface area (Å²) in [6.07, 6.45) is 1.65. The zero-order valence-electron chi connectivity index (χ0n) is 14.2. The molecule has 3 aromatic rings. The van der Waals surface area contributed by atoms with Crippen molar-refractivity contribution in [2.24, 2.45) is 7.05 Å². The molecule has 0 N–H and O–H groups in total. The highest BCUT2D eigenvalue weighted by Crippen LogP contribution is 2.15. The molecule has 0 bridgehead atoms. The predicted molar refractivity (Wildman–Crippen MR) is 93.2 cm³/mol. The Labute approximate surface area is 140 Å². The molecule has 3 rings (SSSR count). The number of hydrogen-bond donors (Lipinski definition) is 0. The lowest BCUT2D eigenvalue weighted by Gasteiger charge is -2.07. The van der Waals surface area contributed by atoms with E-state index in [1.807, 2.05) is 49.6 Å². The van der Waals surface area contributed by atoms with Crippen molar-refractivity contribution in [3.05, 3.63) is 75.2 Å². The molecule has 2 heterocycles. The Morgan fingerprint density at radius 2 is 1.88 bits per heavy atom. The lowest BCUT2D eigenvalue weighted by molar-refractivity contribution is 0.700. The molecule has 0 amide bonds. The third kappa shape index (κ3) is 2.99. The lowest BCUT2D eigenvalue weighted by atomic mass is 10.1. The van der Waals surface area contributed by atoms with Gasteiger partial charge in [0.05, 0.1) is 17.6 Å². The molecule has 5 heteroatoms. The molecular formula is C19H18N4O. The number of imidazole rings is 1. The van der Waals surface area contributed by atoms with E-state index in [0.29, 0.717) is 11.4 Å². The number of aromatic nitrogens is 4. The third-order valence-corrected chi connectivity index (χ3v) is 3.83. The van der Waals surface area contributed by atoms with Crippen LogP contribution in [-0.4, -0.2) is 19.3 Å². The maximum absolute atomic E-state index is 11.8. The van der Waals surface area contributed by atoms with Gasteiger partial charge in [0, 0.05) is 18.7 Å². The van der Waals surface area contributed by atoms with Crippen molar-refractivity contribution < 1.29 is 0 Å². The highest BCUT2D eigenvalue weighted by molar-refractivity contribution is 5.45. The number of aryl methyl sites for hydroxylation is 3. The quantitative estimate of drug-likeness (QED) is 0.647. The van der Waals surface area contributed by atoms with Gasteiger partial charge in [-0.2, -0.15) is 5.10 Å². The second-order valence-corrected chi connectivity index (χ2v) is 5.72. The van der Waals surface area contributed by atoms with Crippen molar-refractivity contribution in [1.82, 2.24) is 19.3 Å². The molecule has 2 aromatic heterocycles. The van der Waals surface area contributed by atoms with Crippen LogP contribution in [0.1, 0.15) is 28.3 Å². The summed E-state index contributed by atoms with van der Waals surface area (Å²) in [5.74, 6) is 7.05. The highest BCUT2D eigenvalue weighted by atomic mass is 16.1. The van der Waals surface area contributed by atoms with Crippen LogP contribution < -0.4 is 5.56 Å². The first-order valence-electron chi connectivity index (χ1n) is 7.64. The summed E-state index contributed by atoms with van der Waals surface area (Å²) < 4.78 is 3.19. The minimum absolute atomic E-state index is 0.160. The molecule has 0 aliphatic carbocycles. The van der Waals surface area contributed by atoms with Gasteiger partial charge in [-0.3, -0.25) is 9.36 Å². The average Bonchev–Trinajstić information content (AvgIpc) is 2.82. The molecule has 24 heavy (non-hydrogen) atoms. The van der Waals surface area contributed by atoms with E-state index in [1.165, 1.54) is 10.2 Å². The van der Waals surface area contributed by atoms with Crippen LogP contribution in [0, 0.1) is 32.6 Å². The second kappa shape index (κ2) is 6.17. The van der Waals surface area contributed by atoms with E-state index in [0.717, 1.165) is 17.1 Å². The van der Waals surface area contributed by atoms with Crippen LogP contribution in [0.3, 0.4) is 0 Å².